The summed E-state index contributed by atoms with van der Waals surface area (Å²) in [6, 6.07) is 9.74. The van der Waals surface area contributed by atoms with Crippen LogP contribution in [0.5, 0.6) is 0 Å². The van der Waals surface area contributed by atoms with Crippen molar-refractivity contribution in [3.05, 3.63) is 48.5 Å². The Morgan fingerprint density at radius 2 is 2.14 bits per heavy atom. The second-order valence-corrected chi connectivity index (χ2v) is 5.51. The molecule has 3 aromatic rings. The van der Waals surface area contributed by atoms with Gasteiger partial charge in [-0.25, -0.2) is 0 Å². The van der Waals surface area contributed by atoms with Gasteiger partial charge in [0.1, 0.15) is 0 Å². The van der Waals surface area contributed by atoms with Crippen LogP contribution < -0.4 is 0 Å². The molecule has 0 aliphatic rings. The molecule has 21 heavy (non-hydrogen) atoms. The first kappa shape index (κ1) is 13.9. The molecule has 3 heterocycles. The van der Waals surface area contributed by atoms with Crippen LogP contribution in [0, 0.1) is 0 Å². The van der Waals surface area contributed by atoms with Crippen LogP contribution in [0.1, 0.15) is 12.6 Å². The zero-order valence-corrected chi connectivity index (χ0v) is 12.6. The van der Waals surface area contributed by atoms with Gasteiger partial charge in [-0.2, -0.15) is 0 Å². The van der Waals surface area contributed by atoms with E-state index in [2.05, 4.69) is 26.7 Å². The maximum Gasteiger partial charge on any atom is 0.200 e. The second-order valence-electron chi connectivity index (χ2n) is 4.45. The average molecular weight is 300 g/mol. The summed E-state index contributed by atoms with van der Waals surface area (Å²) >= 11 is 1.69. The molecule has 108 valence electrons. The molecule has 0 fully saturated rings. The maximum atomic E-state index is 5.41. The molecule has 0 saturated carbocycles. The fourth-order valence-electron chi connectivity index (χ4n) is 2.06. The Balaban J connectivity index is 1.69. The van der Waals surface area contributed by atoms with Gasteiger partial charge in [0.25, 0.3) is 0 Å². The number of thioether (sulfide) groups is 1. The largest absolute Gasteiger partial charge is 0.461 e. The minimum Gasteiger partial charge on any atom is -0.461 e. The van der Waals surface area contributed by atoms with Gasteiger partial charge < -0.3 is 4.42 Å². The quantitative estimate of drug-likeness (QED) is 0.654. The lowest BCUT2D eigenvalue weighted by molar-refractivity contribution is 0.567. The van der Waals surface area contributed by atoms with Crippen LogP contribution in [0.3, 0.4) is 0 Å². The number of rotatable bonds is 6. The van der Waals surface area contributed by atoms with Gasteiger partial charge >= 0.3 is 0 Å². The molecule has 0 unspecified atom stereocenters. The van der Waals surface area contributed by atoms with E-state index in [-0.39, 0.29) is 0 Å². The Kier molecular flexibility index (Phi) is 4.35. The van der Waals surface area contributed by atoms with E-state index in [0.717, 1.165) is 41.2 Å². The molecule has 6 heteroatoms. The fraction of sp³-hybridized carbons (Fsp3) is 0.267. The number of hydrogen-bond acceptors (Lipinski definition) is 5. The van der Waals surface area contributed by atoms with Gasteiger partial charge in [0.15, 0.2) is 16.7 Å². The molecule has 0 N–H and O–H groups in total. The molecule has 5 nitrogen and oxygen atoms in total. The van der Waals surface area contributed by atoms with Crippen molar-refractivity contribution in [3.8, 4) is 11.6 Å². The predicted octanol–water partition coefficient (Wildman–Crippen LogP) is 3.29. The average Bonchev–Trinajstić information content (AvgIpc) is 3.17. The lowest BCUT2D eigenvalue weighted by atomic mass is 10.3. The number of aromatic nitrogens is 4. The molecular formula is C15H16N4OS. The summed E-state index contributed by atoms with van der Waals surface area (Å²) in [6.45, 7) is 2.90. The van der Waals surface area contributed by atoms with E-state index in [0.29, 0.717) is 0 Å². The summed E-state index contributed by atoms with van der Waals surface area (Å²) in [5.41, 5.74) is 1.10. The van der Waals surface area contributed by atoms with E-state index in [1.807, 2.05) is 36.5 Å². The van der Waals surface area contributed by atoms with Crippen LogP contribution >= 0.6 is 11.8 Å². The third-order valence-electron chi connectivity index (χ3n) is 3.09. The Morgan fingerprint density at radius 3 is 2.86 bits per heavy atom. The number of aryl methyl sites for hydroxylation is 1. The lowest BCUT2D eigenvalue weighted by Crippen LogP contribution is -2.00. The van der Waals surface area contributed by atoms with Crippen molar-refractivity contribution in [3.63, 3.8) is 0 Å². The zero-order valence-electron chi connectivity index (χ0n) is 11.8. The van der Waals surface area contributed by atoms with Crippen LogP contribution in [-0.2, 0) is 13.0 Å². The molecule has 3 aromatic heterocycles. The van der Waals surface area contributed by atoms with Gasteiger partial charge in [0.05, 0.1) is 6.26 Å². The normalized spacial score (nSPS) is 10.9. The van der Waals surface area contributed by atoms with Gasteiger partial charge in [-0.3, -0.25) is 9.55 Å². The third kappa shape index (κ3) is 3.16. The Morgan fingerprint density at radius 1 is 1.19 bits per heavy atom. The van der Waals surface area contributed by atoms with E-state index in [1.54, 1.807) is 18.0 Å². The summed E-state index contributed by atoms with van der Waals surface area (Å²) in [5, 5.41) is 9.42. The van der Waals surface area contributed by atoms with E-state index in [1.165, 1.54) is 0 Å². The minimum atomic E-state index is 0.751. The maximum absolute atomic E-state index is 5.41. The van der Waals surface area contributed by atoms with Gasteiger partial charge in [-0.05, 0) is 37.6 Å². The van der Waals surface area contributed by atoms with Gasteiger partial charge in [-0.15, -0.1) is 10.2 Å². The molecule has 0 spiro atoms. The van der Waals surface area contributed by atoms with Gasteiger partial charge in [-0.1, -0.05) is 17.8 Å². The van der Waals surface area contributed by atoms with E-state index >= 15 is 0 Å². The first-order chi connectivity index (χ1) is 10.4. The molecule has 0 amide bonds. The van der Waals surface area contributed by atoms with Crippen molar-refractivity contribution in [1.82, 2.24) is 19.7 Å². The molecule has 0 aliphatic heterocycles. The summed E-state index contributed by atoms with van der Waals surface area (Å²) in [4.78, 5) is 4.33. The standard InChI is InChI=1S/C15H16N4OS/c1-2-19-14(13-7-5-10-20-13)17-18-15(19)21-11-8-12-6-3-4-9-16-12/h3-7,9-10H,2,8,11H2,1H3. The molecule has 0 bridgehead atoms. The molecule has 0 aliphatic carbocycles. The summed E-state index contributed by atoms with van der Waals surface area (Å²) in [6.07, 6.45) is 4.39. The zero-order chi connectivity index (χ0) is 14.5. The molecule has 0 aromatic carbocycles. The van der Waals surface area contributed by atoms with Gasteiger partial charge in [0, 0.05) is 24.2 Å². The van der Waals surface area contributed by atoms with Crippen molar-refractivity contribution in [2.75, 3.05) is 5.75 Å². The highest BCUT2D eigenvalue weighted by Crippen LogP contribution is 2.24. The first-order valence-electron chi connectivity index (χ1n) is 6.88. The van der Waals surface area contributed by atoms with Crippen LogP contribution in [0.4, 0.5) is 0 Å². The van der Waals surface area contributed by atoms with Crippen molar-refractivity contribution in [2.24, 2.45) is 0 Å². The minimum absolute atomic E-state index is 0.751. The highest BCUT2D eigenvalue weighted by molar-refractivity contribution is 7.99. The van der Waals surface area contributed by atoms with Crippen LogP contribution in [0.2, 0.25) is 0 Å². The van der Waals surface area contributed by atoms with Crippen molar-refractivity contribution < 1.29 is 4.42 Å². The van der Waals surface area contributed by atoms with Crippen molar-refractivity contribution in [2.45, 2.75) is 25.0 Å². The van der Waals surface area contributed by atoms with Crippen molar-refractivity contribution in [1.29, 1.82) is 0 Å². The monoisotopic (exact) mass is 300 g/mol. The lowest BCUT2D eigenvalue weighted by Gasteiger charge is -2.05. The Labute approximate surface area is 127 Å². The Bertz CT molecular complexity index is 679. The summed E-state index contributed by atoms with van der Waals surface area (Å²) in [5.74, 6) is 2.46. The Hall–Kier alpha value is -2.08. The van der Waals surface area contributed by atoms with E-state index in [9.17, 15) is 0 Å². The number of hydrogen-bond donors (Lipinski definition) is 0. The van der Waals surface area contributed by atoms with E-state index < -0.39 is 0 Å². The number of nitrogens with zero attached hydrogens (tertiary/aromatic N) is 4. The van der Waals surface area contributed by atoms with Gasteiger partial charge in [0.2, 0.25) is 0 Å². The number of pyridine rings is 1. The fourth-order valence-corrected chi connectivity index (χ4v) is 3.03. The van der Waals surface area contributed by atoms with Crippen molar-refractivity contribution >= 4 is 11.8 Å². The number of furan rings is 1. The predicted molar refractivity (Wildman–Crippen MR) is 82.1 cm³/mol. The topological polar surface area (TPSA) is 56.7 Å². The highest BCUT2D eigenvalue weighted by Gasteiger charge is 2.14. The second kappa shape index (κ2) is 6.58. The molecular weight excluding hydrogens is 284 g/mol. The molecule has 0 saturated heterocycles. The molecule has 0 radical (unpaired) electrons. The van der Waals surface area contributed by atoms with E-state index in [4.69, 9.17) is 4.42 Å². The molecule has 0 atom stereocenters. The third-order valence-corrected chi connectivity index (χ3v) is 4.06. The van der Waals surface area contributed by atoms with Crippen LogP contribution in [0.15, 0.2) is 52.4 Å². The summed E-state index contributed by atoms with van der Waals surface area (Å²) in [7, 11) is 0. The highest BCUT2D eigenvalue weighted by atomic mass is 32.2. The smallest absolute Gasteiger partial charge is 0.200 e. The SMILES string of the molecule is CCn1c(SCCc2ccccn2)nnc1-c1ccco1. The summed E-state index contributed by atoms with van der Waals surface area (Å²) < 4.78 is 7.48. The van der Waals surface area contributed by atoms with Crippen LogP contribution in [-0.4, -0.2) is 25.5 Å². The first-order valence-corrected chi connectivity index (χ1v) is 7.87. The van der Waals surface area contributed by atoms with Crippen LogP contribution in [0.25, 0.3) is 11.6 Å². The molecule has 3 rings (SSSR count).